The van der Waals surface area contributed by atoms with E-state index < -0.39 is 24.4 Å². The Morgan fingerprint density at radius 2 is 1.95 bits per heavy atom. The van der Waals surface area contributed by atoms with Crippen LogP contribution in [-0.2, 0) is 24.4 Å². The highest BCUT2D eigenvalue weighted by atomic mass is 35.5. The van der Waals surface area contributed by atoms with E-state index in [2.05, 4.69) is 10.3 Å². The van der Waals surface area contributed by atoms with Crippen LogP contribution in [0, 0.1) is 17.1 Å². The van der Waals surface area contributed by atoms with Crippen molar-refractivity contribution in [2.45, 2.75) is 38.1 Å². The van der Waals surface area contributed by atoms with Gasteiger partial charge in [0.1, 0.15) is 36.3 Å². The Hall–Kier alpha value is -4.69. The van der Waals surface area contributed by atoms with Gasteiger partial charge in [-0.1, -0.05) is 41.9 Å². The summed E-state index contributed by atoms with van der Waals surface area (Å²) in [5.41, 5.74) is 4.69. The van der Waals surface area contributed by atoms with Crippen molar-refractivity contribution in [1.29, 1.82) is 5.26 Å². The molecule has 226 valence electrons. The van der Waals surface area contributed by atoms with Crippen LogP contribution in [0.1, 0.15) is 40.3 Å². The monoisotopic (exact) mass is 617 g/mol. The first-order valence-corrected chi connectivity index (χ1v) is 14.2. The Morgan fingerprint density at radius 1 is 1.16 bits per heavy atom. The predicted octanol–water partition coefficient (Wildman–Crippen LogP) is 5.60. The summed E-state index contributed by atoms with van der Waals surface area (Å²) in [6.07, 6.45) is 3.96. The molecule has 1 aromatic heterocycles. The number of halogens is 2. The number of hydrogen-bond acceptors (Lipinski definition) is 8. The molecule has 2 atom stereocenters. The van der Waals surface area contributed by atoms with Gasteiger partial charge in [0.25, 0.3) is 0 Å². The molecule has 5 rings (SSSR count). The molecule has 3 N–H and O–H groups in total. The van der Waals surface area contributed by atoms with Crippen LogP contribution in [0.3, 0.4) is 0 Å². The molecule has 1 unspecified atom stereocenters. The van der Waals surface area contributed by atoms with Gasteiger partial charge in [0, 0.05) is 41.7 Å². The molecule has 0 amide bonds. The molecular formula is C33H29ClFN3O6. The molecule has 0 radical (unpaired) electrons. The summed E-state index contributed by atoms with van der Waals surface area (Å²) in [6, 6.07) is 16.5. The van der Waals surface area contributed by atoms with Gasteiger partial charge in [-0.15, -0.1) is 0 Å². The van der Waals surface area contributed by atoms with Gasteiger partial charge in [0.2, 0.25) is 0 Å². The number of carboxylic acids is 1. The number of pyridine rings is 1. The molecule has 1 aliphatic carbocycles. The lowest BCUT2D eigenvalue weighted by atomic mass is 9.96. The first kappa shape index (κ1) is 30.8. The Balaban J connectivity index is 1.44. The normalized spacial score (nSPS) is 14.4. The zero-order valence-corrected chi connectivity index (χ0v) is 24.5. The standard InChI is InChI=1S/C33H29ClFN3O6/c1-42-29-7-3-6-25(32(29)35)22-4-2-5-24-23(22)8-9-28(24)44-31-12-30(43-18-20-10-19(13-36)14-37-15-20)21(11-26(31)34)16-38-27(17-39)33(40)41/h2-7,10-12,14-15,27-28,38-39H,8-9,16-18H2,1H3,(H,40,41)/t27?,28-/m0/s1. The summed E-state index contributed by atoms with van der Waals surface area (Å²) in [4.78, 5) is 15.5. The maximum atomic E-state index is 15.2. The highest BCUT2D eigenvalue weighted by Gasteiger charge is 2.29. The van der Waals surface area contributed by atoms with Gasteiger partial charge in [-0.25, -0.2) is 4.39 Å². The van der Waals surface area contributed by atoms with Crippen molar-refractivity contribution >= 4 is 17.6 Å². The van der Waals surface area contributed by atoms with E-state index in [1.807, 2.05) is 24.3 Å². The third-order valence-corrected chi connectivity index (χ3v) is 7.71. The molecule has 0 aliphatic heterocycles. The second-order valence-electron chi connectivity index (χ2n) is 10.2. The number of carbonyl (C=O) groups is 1. The lowest BCUT2D eigenvalue weighted by Crippen LogP contribution is -2.39. The van der Waals surface area contributed by atoms with E-state index in [0.29, 0.717) is 46.6 Å². The highest BCUT2D eigenvalue weighted by molar-refractivity contribution is 6.32. The first-order valence-electron chi connectivity index (χ1n) is 13.8. The van der Waals surface area contributed by atoms with E-state index in [0.717, 1.165) is 16.7 Å². The minimum absolute atomic E-state index is 0.0328. The summed E-state index contributed by atoms with van der Waals surface area (Å²) in [5.74, 6) is -0.741. The van der Waals surface area contributed by atoms with Crippen molar-refractivity contribution in [1.82, 2.24) is 10.3 Å². The summed E-state index contributed by atoms with van der Waals surface area (Å²) >= 11 is 6.67. The third-order valence-electron chi connectivity index (χ3n) is 7.41. The van der Waals surface area contributed by atoms with Crippen LogP contribution in [0.4, 0.5) is 4.39 Å². The fourth-order valence-corrected chi connectivity index (χ4v) is 5.44. The summed E-state index contributed by atoms with van der Waals surface area (Å²) in [6.45, 7) is -0.498. The molecule has 1 aliphatic rings. The molecule has 11 heteroatoms. The van der Waals surface area contributed by atoms with Crippen LogP contribution in [0.5, 0.6) is 17.2 Å². The molecular weight excluding hydrogens is 589 g/mol. The number of carboxylic acid groups (broad SMARTS) is 1. The number of methoxy groups -OCH3 is 1. The zero-order chi connectivity index (χ0) is 31.2. The second-order valence-corrected chi connectivity index (χ2v) is 10.6. The number of aromatic nitrogens is 1. The highest BCUT2D eigenvalue weighted by Crippen LogP contribution is 2.43. The number of aliphatic hydroxyl groups is 1. The van der Waals surface area contributed by atoms with Crippen molar-refractivity contribution in [3.8, 4) is 34.4 Å². The van der Waals surface area contributed by atoms with Crippen LogP contribution < -0.4 is 19.5 Å². The molecule has 1 heterocycles. The maximum absolute atomic E-state index is 15.2. The number of aliphatic hydroxyl groups excluding tert-OH is 1. The number of fused-ring (bicyclic) bond motifs is 1. The molecule has 4 aromatic rings. The molecule has 44 heavy (non-hydrogen) atoms. The molecule has 9 nitrogen and oxygen atoms in total. The number of ether oxygens (including phenoxy) is 3. The largest absolute Gasteiger partial charge is 0.494 e. The molecule has 0 bridgehead atoms. The Morgan fingerprint density at radius 3 is 2.70 bits per heavy atom. The van der Waals surface area contributed by atoms with E-state index in [1.54, 1.807) is 42.6 Å². The zero-order valence-electron chi connectivity index (χ0n) is 23.7. The number of hydrogen-bond donors (Lipinski definition) is 3. The van der Waals surface area contributed by atoms with Gasteiger partial charge in [0.05, 0.1) is 24.3 Å². The van der Waals surface area contributed by atoms with E-state index >= 15 is 4.39 Å². The molecule has 0 saturated heterocycles. The Bertz CT molecular complexity index is 1730. The third kappa shape index (κ3) is 6.60. The Kier molecular flexibility index (Phi) is 9.60. The lowest BCUT2D eigenvalue weighted by Gasteiger charge is -2.20. The van der Waals surface area contributed by atoms with Gasteiger partial charge in [-0.2, -0.15) is 5.26 Å². The van der Waals surface area contributed by atoms with Gasteiger partial charge in [-0.05, 0) is 47.7 Å². The number of benzene rings is 3. The summed E-state index contributed by atoms with van der Waals surface area (Å²) < 4.78 is 32.9. The average Bonchev–Trinajstić information content (AvgIpc) is 3.44. The predicted molar refractivity (Wildman–Crippen MR) is 160 cm³/mol. The first-order chi connectivity index (χ1) is 21.3. The van der Waals surface area contributed by atoms with Gasteiger partial charge in [-0.3, -0.25) is 15.1 Å². The Labute approximate surface area is 258 Å². The van der Waals surface area contributed by atoms with E-state index in [9.17, 15) is 20.3 Å². The number of nitrogens with one attached hydrogen (secondary N) is 1. The minimum atomic E-state index is -1.20. The number of nitriles is 1. The average molecular weight is 618 g/mol. The maximum Gasteiger partial charge on any atom is 0.323 e. The topological polar surface area (TPSA) is 134 Å². The smallest absolute Gasteiger partial charge is 0.323 e. The van der Waals surface area contributed by atoms with Gasteiger partial charge >= 0.3 is 5.97 Å². The van der Waals surface area contributed by atoms with Crippen molar-refractivity contribution < 1.29 is 33.6 Å². The number of nitrogens with zero attached hydrogens (tertiary/aromatic N) is 2. The number of rotatable bonds is 12. The SMILES string of the molecule is COc1cccc(-c2cccc3c2CC[C@@H]3Oc2cc(OCc3cncc(C#N)c3)c(CNC(CO)C(=O)O)cc2Cl)c1F. The van der Waals surface area contributed by atoms with Crippen LogP contribution in [0.2, 0.25) is 5.02 Å². The molecule has 0 saturated carbocycles. The minimum Gasteiger partial charge on any atom is -0.494 e. The van der Waals surface area contributed by atoms with Crippen molar-refractivity contribution in [2.75, 3.05) is 13.7 Å². The van der Waals surface area contributed by atoms with E-state index in [4.69, 9.17) is 25.8 Å². The van der Waals surface area contributed by atoms with Crippen LogP contribution in [0.25, 0.3) is 11.1 Å². The van der Waals surface area contributed by atoms with Crippen LogP contribution >= 0.6 is 11.6 Å². The number of aliphatic carboxylic acids is 1. The fourth-order valence-electron chi connectivity index (χ4n) is 5.21. The van der Waals surface area contributed by atoms with Gasteiger partial charge < -0.3 is 24.4 Å². The second kappa shape index (κ2) is 13.7. The fraction of sp³-hybridized carbons (Fsp3) is 0.242. The summed E-state index contributed by atoms with van der Waals surface area (Å²) in [5, 5.41) is 31.0. The van der Waals surface area contributed by atoms with Crippen LogP contribution in [-0.4, -0.2) is 40.9 Å². The van der Waals surface area contributed by atoms with E-state index in [-0.39, 0.29) is 30.0 Å². The molecule has 0 fully saturated rings. The van der Waals surface area contributed by atoms with Crippen molar-refractivity contribution in [3.63, 3.8) is 0 Å². The molecule has 3 aromatic carbocycles. The summed E-state index contributed by atoms with van der Waals surface area (Å²) in [7, 11) is 1.43. The van der Waals surface area contributed by atoms with E-state index in [1.165, 1.54) is 13.3 Å². The van der Waals surface area contributed by atoms with Crippen LogP contribution in [0.15, 0.2) is 67.0 Å². The quantitative estimate of drug-likeness (QED) is 0.186. The van der Waals surface area contributed by atoms with Crippen molar-refractivity contribution in [3.05, 3.63) is 106 Å². The molecule has 0 spiro atoms. The van der Waals surface area contributed by atoms with Gasteiger partial charge in [0.15, 0.2) is 11.6 Å². The van der Waals surface area contributed by atoms with Crippen molar-refractivity contribution in [2.24, 2.45) is 0 Å². The lowest BCUT2D eigenvalue weighted by molar-refractivity contribution is -0.140.